The van der Waals surface area contributed by atoms with Gasteiger partial charge in [0.15, 0.2) is 0 Å². The number of ether oxygens (including phenoxy) is 1. The number of rotatable bonds is 8. The van der Waals surface area contributed by atoms with Crippen LogP contribution < -0.4 is 14.8 Å². The first-order valence-corrected chi connectivity index (χ1v) is 12.1. The Hall–Kier alpha value is -2.58. The van der Waals surface area contributed by atoms with Crippen LogP contribution in [0, 0.1) is 5.92 Å². The third-order valence-electron chi connectivity index (χ3n) is 5.63. The van der Waals surface area contributed by atoms with Crippen molar-refractivity contribution < 1.29 is 17.9 Å². The highest BCUT2D eigenvalue weighted by atomic mass is 32.2. The highest BCUT2D eigenvalue weighted by Crippen LogP contribution is 2.26. The van der Waals surface area contributed by atoms with Crippen LogP contribution in [0.2, 0.25) is 0 Å². The summed E-state index contributed by atoms with van der Waals surface area (Å²) in [6, 6.07) is 13.0. The van der Waals surface area contributed by atoms with E-state index in [4.69, 9.17) is 4.74 Å². The van der Waals surface area contributed by atoms with Crippen LogP contribution in [0.25, 0.3) is 0 Å². The number of amides is 1. The summed E-state index contributed by atoms with van der Waals surface area (Å²) < 4.78 is 33.4. The molecule has 0 bridgehead atoms. The number of nitrogens with zero attached hydrogens (tertiary/aromatic N) is 1. The largest absolute Gasteiger partial charge is 0.495 e. The Bertz CT molecular complexity index is 1010. The molecule has 1 fully saturated rings. The molecule has 1 amide bonds. The van der Waals surface area contributed by atoms with Gasteiger partial charge >= 0.3 is 0 Å². The Kier molecular flexibility index (Phi) is 7.56. The zero-order chi connectivity index (χ0) is 22.4. The van der Waals surface area contributed by atoms with Crippen molar-refractivity contribution in [3.8, 4) is 5.75 Å². The predicted octanol–water partition coefficient (Wildman–Crippen LogP) is 3.35. The van der Waals surface area contributed by atoms with E-state index in [0.29, 0.717) is 29.5 Å². The Morgan fingerprint density at radius 2 is 2.00 bits per heavy atom. The second kappa shape index (κ2) is 10.2. The average molecular weight is 446 g/mol. The molecule has 168 valence electrons. The molecule has 2 N–H and O–H groups in total. The van der Waals surface area contributed by atoms with E-state index in [1.165, 1.54) is 32.1 Å². The van der Waals surface area contributed by atoms with E-state index in [-0.39, 0.29) is 16.8 Å². The first-order chi connectivity index (χ1) is 14.8. The monoisotopic (exact) mass is 445 g/mol. The van der Waals surface area contributed by atoms with Gasteiger partial charge in [0.2, 0.25) is 0 Å². The fourth-order valence-electron chi connectivity index (χ4n) is 3.83. The molecule has 8 heteroatoms. The number of sulfonamides is 1. The second-order valence-corrected chi connectivity index (χ2v) is 9.82. The Balaban J connectivity index is 1.66. The van der Waals surface area contributed by atoms with Gasteiger partial charge in [-0.05, 0) is 62.6 Å². The maximum atomic E-state index is 12.8. The van der Waals surface area contributed by atoms with Crippen LogP contribution in [0.5, 0.6) is 5.75 Å². The van der Waals surface area contributed by atoms with Crippen molar-refractivity contribution in [2.45, 2.75) is 37.6 Å². The van der Waals surface area contributed by atoms with Crippen molar-refractivity contribution in [3.05, 3.63) is 54.1 Å². The SMILES string of the molecule is COc1ccccc1NS(=O)(=O)c1cccc(C(=O)NCC(C)N2CCCC(C)C2)c1. The minimum Gasteiger partial charge on any atom is -0.495 e. The van der Waals surface area contributed by atoms with Gasteiger partial charge in [-0.3, -0.25) is 14.4 Å². The summed E-state index contributed by atoms with van der Waals surface area (Å²) in [5, 5.41) is 2.94. The van der Waals surface area contributed by atoms with Crippen molar-refractivity contribution in [1.29, 1.82) is 0 Å². The molecule has 1 heterocycles. The number of nitrogens with one attached hydrogen (secondary N) is 2. The molecule has 31 heavy (non-hydrogen) atoms. The van der Waals surface area contributed by atoms with E-state index in [1.807, 2.05) is 0 Å². The molecule has 0 aromatic heterocycles. The molecular formula is C23H31N3O4S. The maximum Gasteiger partial charge on any atom is 0.262 e. The first kappa shape index (κ1) is 23.1. The molecule has 7 nitrogen and oxygen atoms in total. The zero-order valence-corrected chi connectivity index (χ0v) is 19.1. The summed E-state index contributed by atoms with van der Waals surface area (Å²) in [4.78, 5) is 15.1. The van der Waals surface area contributed by atoms with E-state index in [1.54, 1.807) is 36.4 Å². The van der Waals surface area contributed by atoms with Crippen molar-refractivity contribution >= 4 is 21.6 Å². The van der Waals surface area contributed by atoms with Crippen LogP contribution in [0.1, 0.15) is 37.0 Å². The minimum atomic E-state index is -3.87. The minimum absolute atomic E-state index is 0.0176. The number of hydrogen-bond acceptors (Lipinski definition) is 5. The fourth-order valence-corrected chi connectivity index (χ4v) is 4.95. The summed E-state index contributed by atoms with van der Waals surface area (Å²) in [5.74, 6) is 0.803. The summed E-state index contributed by atoms with van der Waals surface area (Å²) in [6.07, 6.45) is 2.43. The van der Waals surface area contributed by atoms with Crippen molar-refractivity contribution in [2.24, 2.45) is 5.92 Å². The lowest BCUT2D eigenvalue weighted by Gasteiger charge is -2.35. The number of likely N-dealkylation sites (tertiary alicyclic amines) is 1. The Labute approximate surface area is 184 Å². The molecular weight excluding hydrogens is 414 g/mol. The van der Waals surface area contributed by atoms with Crippen molar-refractivity contribution in [2.75, 3.05) is 31.5 Å². The van der Waals surface area contributed by atoms with Crippen molar-refractivity contribution in [1.82, 2.24) is 10.2 Å². The number of carbonyl (C=O) groups excluding carboxylic acids is 1. The fraction of sp³-hybridized carbons (Fsp3) is 0.435. The van der Waals surface area contributed by atoms with E-state index in [2.05, 4.69) is 28.8 Å². The summed E-state index contributed by atoms with van der Waals surface area (Å²) >= 11 is 0. The number of carbonyl (C=O) groups is 1. The molecule has 1 aliphatic rings. The van der Waals surface area contributed by atoms with Crippen LogP contribution in [0.15, 0.2) is 53.4 Å². The van der Waals surface area contributed by atoms with Gasteiger partial charge < -0.3 is 10.1 Å². The van der Waals surface area contributed by atoms with Gasteiger partial charge in [-0.25, -0.2) is 8.42 Å². The van der Waals surface area contributed by atoms with Crippen LogP contribution in [0.4, 0.5) is 5.69 Å². The molecule has 2 unspecified atom stereocenters. The van der Waals surface area contributed by atoms with Gasteiger partial charge in [0, 0.05) is 24.7 Å². The van der Waals surface area contributed by atoms with Gasteiger partial charge in [-0.1, -0.05) is 25.1 Å². The van der Waals surface area contributed by atoms with E-state index >= 15 is 0 Å². The molecule has 1 aliphatic heterocycles. The van der Waals surface area contributed by atoms with Crippen LogP contribution in [-0.2, 0) is 10.0 Å². The molecule has 2 aromatic carbocycles. The smallest absolute Gasteiger partial charge is 0.262 e. The predicted molar refractivity (Wildman–Crippen MR) is 122 cm³/mol. The van der Waals surface area contributed by atoms with Gasteiger partial charge in [-0.15, -0.1) is 0 Å². The lowest BCUT2D eigenvalue weighted by Crippen LogP contribution is -2.46. The normalized spacial score (nSPS) is 18.2. The number of para-hydroxylation sites is 2. The zero-order valence-electron chi connectivity index (χ0n) is 18.3. The lowest BCUT2D eigenvalue weighted by molar-refractivity contribution is 0.0917. The molecule has 2 atom stereocenters. The van der Waals surface area contributed by atoms with Gasteiger partial charge in [0.05, 0.1) is 17.7 Å². The molecule has 0 spiro atoms. The summed E-state index contributed by atoms with van der Waals surface area (Å²) in [6.45, 7) is 6.96. The third-order valence-corrected chi connectivity index (χ3v) is 6.99. The highest BCUT2D eigenvalue weighted by Gasteiger charge is 2.22. The summed E-state index contributed by atoms with van der Waals surface area (Å²) in [5.41, 5.74) is 0.645. The third kappa shape index (κ3) is 5.98. The standard InChI is InChI=1S/C23H31N3O4S/c1-17-8-7-13-26(16-17)18(2)15-24-23(27)19-9-6-10-20(14-19)31(28,29)25-21-11-4-5-12-22(21)30-3/h4-6,9-12,14,17-18,25H,7-8,13,15-16H2,1-3H3,(H,24,27). The quantitative estimate of drug-likeness (QED) is 0.651. The van der Waals surface area contributed by atoms with E-state index in [0.717, 1.165) is 13.1 Å². The lowest BCUT2D eigenvalue weighted by atomic mass is 9.99. The molecule has 1 saturated heterocycles. The second-order valence-electron chi connectivity index (χ2n) is 8.13. The van der Waals surface area contributed by atoms with E-state index < -0.39 is 10.0 Å². The number of piperidine rings is 1. The van der Waals surface area contributed by atoms with E-state index in [9.17, 15) is 13.2 Å². The van der Waals surface area contributed by atoms with Crippen LogP contribution >= 0.6 is 0 Å². The average Bonchev–Trinajstić information content (AvgIpc) is 2.77. The van der Waals surface area contributed by atoms with Crippen molar-refractivity contribution in [3.63, 3.8) is 0 Å². The van der Waals surface area contributed by atoms with Crippen LogP contribution in [0.3, 0.4) is 0 Å². The topological polar surface area (TPSA) is 87.7 Å². The molecule has 0 saturated carbocycles. The van der Waals surface area contributed by atoms with Gasteiger partial charge in [-0.2, -0.15) is 0 Å². The summed E-state index contributed by atoms with van der Waals surface area (Å²) in [7, 11) is -2.40. The van der Waals surface area contributed by atoms with Crippen LogP contribution in [-0.4, -0.2) is 52.0 Å². The first-order valence-electron chi connectivity index (χ1n) is 10.6. The number of hydrogen-bond donors (Lipinski definition) is 2. The van der Waals surface area contributed by atoms with Gasteiger partial charge in [0.25, 0.3) is 15.9 Å². The number of benzene rings is 2. The molecule has 3 rings (SSSR count). The Morgan fingerprint density at radius 1 is 1.23 bits per heavy atom. The molecule has 0 aliphatic carbocycles. The highest BCUT2D eigenvalue weighted by molar-refractivity contribution is 7.92. The molecule has 2 aromatic rings. The molecule has 0 radical (unpaired) electrons. The Morgan fingerprint density at radius 3 is 2.74 bits per heavy atom. The maximum absolute atomic E-state index is 12.8. The van der Waals surface area contributed by atoms with Gasteiger partial charge in [0.1, 0.15) is 5.75 Å². The number of anilines is 1. The number of methoxy groups -OCH3 is 1.